The van der Waals surface area contributed by atoms with Crippen molar-refractivity contribution < 1.29 is 9.90 Å². The number of ketones is 1. The van der Waals surface area contributed by atoms with E-state index in [0.717, 1.165) is 37.8 Å². The van der Waals surface area contributed by atoms with Gasteiger partial charge in [-0.3, -0.25) is 4.79 Å². The second-order valence-electron chi connectivity index (χ2n) is 6.79. The minimum atomic E-state index is -1.43. The minimum Gasteiger partial charge on any atom is -0.508 e. The number of allylic oxidation sites excluding steroid dienone is 4. The fourth-order valence-corrected chi connectivity index (χ4v) is 6.21. The van der Waals surface area contributed by atoms with E-state index < -0.39 is 10.0 Å². The Balaban J connectivity index is 2.03. The molecular formula is C22H17NO2S2. The smallest absolute Gasteiger partial charge is 0.179 e. The zero-order chi connectivity index (χ0) is 19.2. The highest BCUT2D eigenvalue weighted by atomic mass is 32.3. The van der Waals surface area contributed by atoms with Crippen LogP contribution < -0.4 is 0 Å². The van der Waals surface area contributed by atoms with Crippen LogP contribution >= 0.6 is 22.2 Å². The number of benzene rings is 2. The van der Waals surface area contributed by atoms with Gasteiger partial charge in [-0.1, -0.05) is 12.1 Å². The van der Waals surface area contributed by atoms with Gasteiger partial charge in [-0.15, -0.1) is 0 Å². The molecule has 134 valence electrons. The molecule has 27 heavy (non-hydrogen) atoms. The molecule has 2 aliphatic rings. The number of phenols is 1. The second kappa shape index (κ2) is 6.46. The maximum atomic E-state index is 12.1. The van der Waals surface area contributed by atoms with Crippen molar-refractivity contribution in [1.82, 2.24) is 0 Å². The summed E-state index contributed by atoms with van der Waals surface area (Å²) in [4.78, 5) is 18.2. The Morgan fingerprint density at radius 1 is 1.07 bits per heavy atom. The Morgan fingerprint density at radius 3 is 2.52 bits per heavy atom. The summed E-state index contributed by atoms with van der Waals surface area (Å²) >= 11 is 4.67. The van der Waals surface area contributed by atoms with Gasteiger partial charge in [-0.2, -0.15) is 15.0 Å². The van der Waals surface area contributed by atoms with E-state index in [9.17, 15) is 9.90 Å². The summed E-state index contributed by atoms with van der Waals surface area (Å²) in [5, 5.41) is 12.5. The van der Waals surface area contributed by atoms with Crippen LogP contribution in [0.4, 0.5) is 5.69 Å². The molecule has 2 aromatic carbocycles. The fraction of sp³-hybridized carbons (Fsp3) is 0.0909. The van der Waals surface area contributed by atoms with Crippen LogP contribution in [0, 0.1) is 0 Å². The van der Waals surface area contributed by atoms with E-state index in [2.05, 4.69) is 34.9 Å². The van der Waals surface area contributed by atoms with Gasteiger partial charge in [-0.25, -0.2) is 0 Å². The fourth-order valence-electron chi connectivity index (χ4n) is 3.60. The van der Waals surface area contributed by atoms with Crippen molar-refractivity contribution in [2.75, 3.05) is 12.5 Å². The van der Waals surface area contributed by atoms with Gasteiger partial charge in [0.25, 0.3) is 0 Å². The Bertz CT molecular complexity index is 1120. The van der Waals surface area contributed by atoms with E-state index in [0.29, 0.717) is 0 Å². The van der Waals surface area contributed by atoms with Crippen LogP contribution in [0.25, 0.3) is 5.57 Å². The predicted octanol–water partition coefficient (Wildman–Crippen LogP) is 5.39. The van der Waals surface area contributed by atoms with E-state index in [1.807, 2.05) is 42.5 Å². The zero-order valence-electron chi connectivity index (χ0n) is 14.9. The van der Waals surface area contributed by atoms with Gasteiger partial charge < -0.3 is 5.11 Å². The molecule has 0 bridgehead atoms. The molecule has 0 aromatic heterocycles. The monoisotopic (exact) mass is 391 g/mol. The van der Waals surface area contributed by atoms with Gasteiger partial charge in [-0.05, 0) is 95.6 Å². The van der Waals surface area contributed by atoms with Crippen LogP contribution in [0.2, 0.25) is 0 Å². The van der Waals surface area contributed by atoms with E-state index in [-0.39, 0.29) is 11.5 Å². The van der Waals surface area contributed by atoms with Crippen LogP contribution in [0.5, 0.6) is 5.75 Å². The number of hydrogen-bond donors (Lipinski definition) is 1. The van der Waals surface area contributed by atoms with Gasteiger partial charge in [0, 0.05) is 9.80 Å². The highest BCUT2D eigenvalue weighted by Gasteiger charge is 2.35. The number of carbonyl (C=O) groups excluding carboxylic acids is 1. The molecule has 0 amide bonds. The SMILES string of the molecule is CS1(C)C2=CC(=O)C=CC2=C(c2ccc(N=C=S)cc2)c2ccc(O)cc21. The molecule has 5 heteroatoms. The molecule has 3 nitrogen and oxygen atoms in total. The van der Waals surface area contributed by atoms with Gasteiger partial charge in [0.15, 0.2) is 5.78 Å². The maximum absolute atomic E-state index is 12.1. The molecule has 1 aliphatic heterocycles. The number of isothiocyanates is 1. The maximum Gasteiger partial charge on any atom is 0.179 e. The summed E-state index contributed by atoms with van der Waals surface area (Å²) in [7, 11) is -1.43. The molecule has 0 fully saturated rings. The summed E-state index contributed by atoms with van der Waals surface area (Å²) in [5.41, 5.74) is 4.99. The molecule has 1 aliphatic carbocycles. The summed E-state index contributed by atoms with van der Waals surface area (Å²) in [6.07, 6.45) is 9.60. The average Bonchev–Trinajstić information content (AvgIpc) is 2.65. The molecule has 0 spiro atoms. The van der Waals surface area contributed by atoms with Crippen LogP contribution in [0.15, 0.2) is 81.1 Å². The minimum absolute atomic E-state index is 0.00273. The third kappa shape index (κ3) is 2.90. The summed E-state index contributed by atoms with van der Waals surface area (Å²) in [6.45, 7) is 0. The Labute approximate surface area is 164 Å². The lowest BCUT2D eigenvalue weighted by Crippen LogP contribution is -2.15. The Morgan fingerprint density at radius 2 is 1.81 bits per heavy atom. The number of hydrogen-bond acceptors (Lipinski definition) is 4. The summed E-state index contributed by atoms with van der Waals surface area (Å²) < 4.78 is 0. The first kappa shape index (κ1) is 17.7. The number of fused-ring (bicyclic) bond motifs is 2. The molecule has 0 radical (unpaired) electrons. The molecule has 0 saturated heterocycles. The predicted molar refractivity (Wildman–Crippen MR) is 115 cm³/mol. The third-order valence-electron chi connectivity index (χ3n) is 4.89. The first-order valence-corrected chi connectivity index (χ1v) is 11.2. The van der Waals surface area contributed by atoms with Crippen molar-refractivity contribution in [3.8, 4) is 5.75 Å². The Kier molecular flexibility index (Phi) is 4.23. The van der Waals surface area contributed by atoms with E-state index in [1.165, 1.54) is 0 Å². The van der Waals surface area contributed by atoms with Crippen molar-refractivity contribution in [3.63, 3.8) is 0 Å². The van der Waals surface area contributed by atoms with Crippen molar-refractivity contribution in [1.29, 1.82) is 0 Å². The molecule has 0 unspecified atom stereocenters. The molecular weight excluding hydrogens is 374 g/mol. The van der Waals surface area contributed by atoms with Gasteiger partial charge in [0.2, 0.25) is 0 Å². The number of carbonyl (C=O) groups is 1. The number of aliphatic imine (C=N–C) groups is 1. The van der Waals surface area contributed by atoms with Gasteiger partial charge in [0.1, 0.15) is 5.75 Å². The van der Waals surface area contributed by atoms with E-state index >= 15 is 0 Å². The number of nitrogens with zero attached hydrogens (tertiary/aromatic N) is 1. The van der Waals surface area contributed by atoms with Crippen LogP contribution in [0.1, 0.15) is 11.1 Å². The lowest BCUT2D eigenvalue weighted by molar-refractivity contribution is -0.110. The molecule has 2 aromatic rings. The number of rotatable bonds is 2. The molecule has 1 N–H and O–H groups in total. The zero-order valence-corrected chi connectivity index (χ0v) is 16.5. The molecule has 0 saturated carbocycles. The van der Waals surface area contributed by atoms with Gasteiger partial charge >= 0.3 is 0 Å². The first-order valence-electron chi connectivity index (χ1n) is 8.35. The lowest BCUT2D eigenvalue weighted by Gasteiger charge is -2.42. The number of aromatic hydroxyl groups is 1. The van der Waals surface area contributed by atoms with E-state index in [1.54, 1.807) is 18.2 Å². The summed E-state index contributed by atoms with van der Waals surface area (Å²) in [6, 6.07) is 13.3. The third-order valence-corrected chi connectivity index (χ3v) is 7.85. The van der Waals surface area contributed by atoms with Crippen LogP contribution in [0.3, 0.4) is 0 Å². The van der Waals surface area contributed by atoms with Gasteiger partial charge in [0.05, 0.1) is 10.8 Å². The van der Waals surface area contributed by atoms with Crippen LogP contribution in [-0.4, -0.2) is 28.6 Å². The van der Waals surface area contributed by atoms with Crippen molar-refractivity contribution >= 4 is 44.5 Å². The highest BCUT2D eigenvalue weighted by molar-refractivity contribution is 8.36. The number of thiocarbonyl (C=S) groups is 1. The van der Waals surface area contributed by atoms with Crippen molar-refractivity contribution in [2.24, 2.45) is 4.99 Å². The van der Waals surface area contributed by atoms with Crippen molar-refractivity contribution in [2.45, 2.75) is 4.90 Å². The topological polar surface area (TPSA) is 49.7 Å². The van der Waals surface area contributed by atoms with Crippen molar-refractivity contribution in [3.05, 3.63) is 82.3 Å². The number of phenolic OH excluding ortho intramolecular Hbond substituents is 1. The molecule has 4 rings (SSSR count). The summed E-state index contributed by atoms with van der Waals surface area (Å²) in [5.74, 6) is 0.240. The molecule has 1 heterocycles. The molecule has 0 atom stereocenters. The first-order chi connectivity index (χ1) is 12.9. The Hall–Kier alpha value is -2.72. The normalized spacial score (nSPS) is 18.1. The van der Waals surface area contributed by atoms with E-state index in [4.69, 9.17) is 0 Å². The second-order valence-corrected chi connectivity index (χ2v) is 10.5. The average molecular weight is 392 g/mol. The largest absolute Gasteiger partial charge is 0.508 e. The highest BCUT2D eigenvalue weighted by Crippen LogP contribution is 2.66. The lowest BCUT2D eigenvalue weighted by atomic mass is 9.90. The standard InChI is InChI=1S/C22H17NO2S2/c1-27(2)20-11-16(24)7-9-18(20)22(19-10-8-17(25)12-21(19)27)14-3-5-15(6-4-14)23-13-26/h3-12,24H,1-2H3. The quantitative estimate of drug-likeness (QED) is 0.552. The van der Waals surface area contributed by atoms with Crippen LogP contribution in [-0.2, 0) is 4.79 Å².